The van der Waals surface area contributed by atoms with Gasteiger partial charge in [0.2, 0.25) is 9.84 Å². The zero-order chi connectivity index (χ0) is 18.7. The van der Waals surface area contributed by atoms with Gasteiger partial charge in [0.15, 0.2) is 0 Å². The zero-order valence-corrected chi connectivity index (χ0v) is 14.6. The highest BCUT2D eigenvalue weighted by Gasteiger charge is 2.27. The molecule has 0 spiro atoms. The van der Waals surface area contributed by atoms with E-state index in [1.54, 1.807) is 11.0 Å². The fourth-order valence-electron chi connectivity index (χ4n) is 2.88. The van der Waals surface area contributed by atoms with Gasteiger partial charge in [0.1, 0.15) is 6.26 Å². The number of nitrogens with one attached hydrogen (secondary N) is 1. The Morgan fingerprint density at radius 3 is 2.35 bits per heavy atom. The van der Waals surface area contributed by atoms with Crippen LogP contribution >= 0.6 is 0 Å². The monoisotopic (exact) mass is 384 g/mol. The van der Waals surface area contributed by atoms with Gasteiger partial charge < -0.3 is 14.6 Å². The van der Waals surface area contributed by atoms with Gasteiger partial charge in [0.25, 0.3) is 5.91 Å². The summed E-state index contributed by atoms with van der Waals surface area (Å²) in [6.07, 6.45) is 4.32. The van der Waals surface area contributed by atoms with Crippen molar-refractivity contribution in [1.29, 1.82) is 0 Å². The topological polar surface area (TPSA) is 79.6 Å². The number of carbonyl (C=O) groups excluding carboxylic acids is 1. The van der Waals surface area contributed by atoms with Gasteiger partial charge in [0, 0.05) is 24.8 Å². The SMILES string of the molecule is O=C(c1ccoc1)N1CCC(Nc2ccc(S(=O)(=O)C(F)F)cc2)CC1. The highest BCUT2D eigenvalue weighted by molar-refractivity contribution is 7.91. The number of hydrogen-bond acceptors (Lipinski definition) is 5. The number of amides is 1. The Labute approximate surface area is 149 Å². The van der Waals surface area contributed by atoms with E-state index in [1.807, 2.05) is 0 Å². The van der Waals surface area contributed by atoms with Gasteiger partial charge >= 0.3 is 5.76 Å². The van der Waals surface area contributed by atoms with Crippen LogP contribution in [0.3, 0.4) is 0 Å². The summed E-state index contributed by atoms with van der Waals surface area (Å²) in [4.78, 5) is 13.6. The minimum absolute atomic E-state index is 0.0706. The molecule has 1 saturated heterocycles. The van der Waals surface area contributed by atoms with Gasteiger partial charge in [-0.25, -0.2) is 8.42 Å². The van der Waals surface area contributed by atoms with E-state index >= 15 is 0 Å². The summed E-state index contributed by atoms with van der Waals surface area (Å²) in [6, 6.07) is 7.02. The van der Waals surface area contributed by atoms with E-state index in [4.69, 9.17) is 4.42 Å². The third kappa shape index (κ3) is 3.87. The maximum atomic E-state index is 12.5. The van der Waals surface area contributed by atoms with Gasteiger partial charge in [-0.1, -0.05) is 0 Å². The van der Waals surface area contributed by atoms with E-state index in [-0.39, 0.29) is 11.9 Å². The van der Waals surface area contributed by atoms with Crippen molar-refractivity contribution in [2.75, 3.05) is 18.4 Å². The van der Waals surface area contributed by atoms with Crippen molar-refractivity contribution in [2.45, 2.75) is 29.5 Å². The normalized spacial score (nSPS) is 16.0. The van der Waals surface area contributed by atoms with E-state index in [0.717, 1.165) is 12.8 Å². The largest absolute Gasteiger partial charge is 0.472 e. The molecule has 3 rings (SSSR count). The highest BCUT2D eigenvalue weighted by atomic mass is 32.2. The van der Waals surface area contributed by atoms with Crippen LogP contribution in [0.5, 0.6) is 0 Å². The van der Waals surface area contributed by atoms with E-state index in [0.29, 0.717) is 24.3 Å². The highest BCUT2D eigenvalue weighted by Crippen LogP contribution is 2.22. The molecule has 0 radical (unpaired) electrons. The fourth-order valence-corrected chi connectivity index (χ4v) is 3.60. The average molecular weight is 384 g/mol. The molecule has 1 aromatic heterocycles. The van der Waals surface area contributed by atoms with Gasteiger partial charge in [-0.05, 0) is 43.2 Å². The number of rotatable bonds is 5. The Morgan fingerprint density at radius 1 is 1.15 bits per heavy atom. The van der Waals surface area contributed by atoms with Gasteiger partial charge in [-0.15, -0.1) is 0 Å². The average Bonchev–Trinajstić information content (AvgIpc) is 3.17. The second kappa shape index (κ2) is 7.45. The molecule has 0 bridgehead atoms. The second-order valence-corrected chi connectivity index (χ2v) is 7.97. The molecule has 9 heteroatoms. The number of likely N-dealkylation sites (tertiary alicyclic amines) is 1. The molecule has 1 aliphatic rings. The molecule has 0 saturated carbocycles. The van der Waals surface area contributed by atoms with Crippen LogP contribution in [0.4, 0.5) is 14.5 Å². The van der Waals surface area contributed by atoms with Crippen LogP contribution in [0.1, 0.15) is 23.2 Å². The minimum Gasteiger partial charge on any atom is -0.472 e. The van der Waals surface area contributed by atoms with Crippen LogP contribution in [-0.4, -0.2) is 44.1 Å². The Hall–Kier alpha value is -2.42. The standard InChI is InChI=1S/C17H18F2N2O4S/c18-17(19)26(23,24)15-3-1-13(2-4-15)20-14-5-8-21(9-6-14)16(22)12-7-10-25-11-12/h1-4,7,10-11,14,17,20H,5-6,8-9H2. The minimum atomic E-state index is -4.58. The van der Waals surface area contributed by atoms with Crippen molar-refractivity contribution < 1.29 is 26.4 Å². The number of furan rings is 1. The summed E-state index contributed by atoms with van der Waals surface area (Å²) in [6.45, 7) is 1.17. The quantitative estimate of drug-likeness (QED) is 0.857. The van der Waals surface area contributed by atoms with E-state index < -0.39 is 20.5 Å². The van der Waals surface area contributed by atoms with E-state index in [2.05, 4.69) is 5.32 Å². The van der Waals surface area contributed by atoms with Crippen LogP contribution in [-0.2, 0) is 9.84 Å². The molecule has 2 heterocycles. The number of benzene rings is 1. The molecule has 2 aromatic rings. The summed E-state index contributed by atoms with van der Waals surface area (Å²) in [7, 11) is -4.58. The molecule has 6 nitrogen and oxygen atoms in total. The molecule has 1 fully saturated rings. The molecule has 140 valence electrons. The van der Waals surface area contributed by atoms with Crippen molar-refractivity contribution >= 4 is 21.4 Å². The molecular weight excluding hydrogens is 366 g/mol. The van der Waals surface area contributed by atoms with Crippen LogP contribution in [0.25, 0.3) is 0 Å². The lowest BCUT2D eigenvalue weighted by molar-refractivity contribution is 0.0717. The van der Waals surface area contributed by atoms with Crippen LogP contribution in [0.2, 0.25) is 0 Å². The second-order valence-electron chi connectivity index (χ2n) is 6.05. The Morgan fingerprint density at radius 2 is 1.81 bits per heavy atom. The number of alkyl halides is 2. The van der Waals surface area contributed by atoms with Gasteiger partial charge in [0.05, 0.1) is 16.7 Å². The predicted molar refractivity (Wildman–Crippen MR) is 90.9 cm³/mol. The Bertz CT molecular complexity index is 843. The van der Waals surface area contributed by atoms with E-state index in [1.165, 1.54) is 36.8 Å². The van der Waals surface area contributed by atoms with Crippen molar-refractivity contribution in [1.82, 2.24) is 4.90 Å². The lowest BCUT2D eigenvalue weighted by atomic mass is 10.0. The molecule has 1 aromatic carbocycles. The van der Waals surface area contributed by atoms with Crippen LogP contribution in [0, 0.1) is 0 Å². The molecular formula is C17H18F2N2O4S. The molecule has 1 amide bonds. The lowest BCUT2D eigenvalue weighted by Gasteiger charge is -2.32. The van der Waals surface area contributed by atoms with Crippen molar-refractivity contribution in [3.8, 4) is 0 Å². The molecule has 0 unspecified atom stereocenters. The number of anilines is 1. The number of piperidine rings is 1. The summed E-state index contributed by atoms with van der Waals surface area (Å²) >= 11 is 0. The number of carbonyl (C=O) groups is 1. The molecule has 1 aliphatic heterocycles. The number of halogens is 2. The predicted octanol–water partition coefficient (Wildman–Crippen LogP) is 2.99. The maximum Gasteiger partial charge on any atom is 0.341 e. The first-order valence-corrected chi connectivity index (χ1v) is 9.62. The number of nitrogens with zero attached hydrogens (tertiary/aromatic N) is 1. The van der Waals surface area contributed by atoms with Gasteiger partial charge in [-0.3, -0.25) is 4.79 Å². The van der Waals surface area contributed by atoms with Crippen LogP contribution < -0.4 is 5.32 Å². The third-order valence-electron chi connectivity index (χ3n) is 4.34. The molecule has 1 N–H and O–H groups in total. The van der Waals surface area contributed by atoms with Crippen molar-refractivity contribution in [3.05, 3.63) is 48.4 Å². The summed E-state index contributed by atoms with van der Waals surface area (Å²) in [5.74, 6) is -3.50. The van der Waals surface area contributed by atoms with Crippen LogP contribution in [0.15, 0.2) is 52.2 Å². The first-order valence-electron chi connectivity index (χ1n) is 8.08. The molecule has 0 aliphatic carbocycles. The van der Waals surface area contributed by atoms with Crippen molar-refractivity contribution in [3.63, 3.8) is 0 Å². The van der Waals surface area contributed by atoms with Crippen molar-refractivity contribution in [2.24, 2.45) is 0 Å². The molecule has 0 atom stereocenters. The summed E-state index contributed by atoms with van der Waals surface area (Å²) in [5, 5.41) is 3.24. The van der Waals surface area contributed by atoms with E-state index in [9.17, 15) is 22.0 Å². The number of sulfone groups is 1. The first-order chi connectivity index (χ1) is 12.4. The third-order valence-corrected chi connectivity index (χ3v) is 5.74. The molecule has 26 heavy (non-hydrogen) atoms. The Kier molecular flexibility index (Phi) is 5.26. The Balaban J connectivity index is 1.56. The lowest BCUT2D eigenvalue weighted by Crippen LogP contribution is -2.42. The van der Waals surface area contributed by atoms with Gasteiger partial charge in [-0.2, -0.15) is 8.78 Å². The summed E-state index contributed by atoms with van der Waals surface area (Å²) in [5.41, 5.74) is 1.17. The summed E-state index contributed by atoms with van der Waals surface area (Å²) < 4.78 is 52.8. The fraction of sp³-hybridized carbons (Fsp3) is 0.353. The maximum absolute atomic E-state index is 12.5. The first kappa shape index (κ1) is 18.4. The number of hydrogen-bond donors (Lipinski definition) is 1. The zero-order valence-electron chi connectivity index (χ0n) is 13.8. The smallest absolute Gasteiger partial charge is 0.341 e.